The summed E-state index contributed by atoms with van der Waals surface area (Å²) in [5, 5.41) is 35.9. The van der Waals surface area contributed by atoms with Crippen LogP contribution in [0.5, 0.6) is 0 Å². The Hall–Kier alpha value is -3.78. The molecule has 1 heterocycles. The SMILES string of the molecule is Cc1c(C(=O)Nc2nnc(CCNC(=O)c3cccc(Br)c3)s2)cc([N+](=O)[O-])cc1[N+](=O)[O-]. The first-order valence-electron chi connectivity index (χ1n) is 9.26. The summed E-state index contributed by atoms with van der Waals surface area (Å²) in [6.07, 6.45) is 0.356. The molecule has 14 heteroatoms. The molecule has 0 saturated heterocycles. The van der Waals surface area contributed by atoms with Crippen LogP contribution in [0.25, 0.3) is 0 Å². The normalized spacial score (nSPS) is 10.5. The van der Waals surface area contributed by atoms with E-state index in [2.05, 4.69) is 36.8 Å². The average Bonchev–Trinajstić information content (AvgIpc) is 3.20. The van der Waals surface area contributed by atoms with Crippen molar-refractivity contribution in [1.29, 1.82) is 0 Å². The van der Waals surface area contributed by atoms with Gasteiger partial charge in [-0.1, -0.05) is 33.3 Å². The van der Waals surface area contributed by atoms with E-state index in [9.17, 15) is 29.8 Å². The number of non-ortho nitro benzene ring substituents is 1. The number of benzene rings is 2. The maximum atomic E-state index is 12.6. The summed E-state index contributed by atoms with van der Waals surface area (Å²) in [5.41, 5.74) is -0.835. The molecule has 0 atom stereocenters. The minimum Gasteiger partial charge on any atom is -0.352 e. The van der Waals surface area contributed by atoms with Gasteiger partial charge in [0.05, 0.1) is 21.5 Å². The van der Waals surface area contributed by atoms with Crippen LogP contribution in [0.15, 0.2) is 40.9 Å². The van der Waals surface area contributed by atoms with Gasteiger partial charge in [0.25, 0.3) is 23.2 Å². The highest BCUT2D eigenvalue weighted by Gasteiger charge is 2.25. The van der Waals surface area contributed by atoms with Crippen molar-refractivity contribution in [2.45, 2.75) is 13.3 Å². The maximum absolute atomic E-state index is 12.6. The lowest BCUT2D eigenvalue weighted by Gasteiger charge is -2.06. The summed E-state index contributed by atoms with van der Waals surface area (Å²) in [6.45, 7) is 1.61. The summed E-state index contributed by atoms with van der Waals surface area (Å²) >= 11 is 4.36. The minimum atomic E-state index is -0.811. The van der Waals surface area contributed by atoms with Crippen molar-refractivity contribution in [2.75, 3.05) is 11.9 Å². The number of aromatic nitrogens is 2. The van der Waals surface area contributed by atoms with Crippen molar-refractivity contribution >= 4 is 55.6 Å². The molecule has 0 radical (unpaired) electrons. The minimum absolute atomic E-state index is 0.0110. The average molecular weight is 535 g/mol. The molecule has 2 amide bonds. The molecule has 12 nitrogen and oxygen atoms in total. The molecule has 3 aromatic rings. The lowest BCUT2D eigenvalue weighted by molar-refractivity contribution is -0.394. The van der Waals surface area contributed by atoms with Crippen molar-refractivity contribution in [1.82, 2.24) is 15.5 Å². The van der Waals surface area contributed by atoms with Gasteiger partial charge in [-0.2, -0.15) is 0 Å². The van der Waals surface area contributed by atoms with E-state index in [0.717, 1.165) is 27.9 Å². The van der Waals surface area contributed by atoms with Crippen molar-refractivity contribution < 1.29 is 19.4 Å². The second-order valence-corrected chi connectivity index (χ2v) is 8.60. The van der Waals surface area contributed by atoms with E-state index >= 15 is 0 Å². The molecule has 0 bridgehead atoms. The smallest absolute Gasteiger partial charge is 0.279 e. The Morgan fingerprint density at radius 3 is 2.52 bits per heavy atom. The van der Waals surface area contributed by atoms with Gasteiger partial charge in [0, 0.05) is 34.6 Å². The summed E-state index contributed by atoms with van der Waals surface area (Å²) in [5.74, 6) is -1.04. The second-order valence-electron chi connectivity index (χ2n) is 6.62. The molecule has 2 aromatic carbocycles. The van der Waals surface area contributed by atoms with Gasteiger partial charge >= 0.3 is 0 Å². The number of amides is 2. The fraction of sp³-hybridized carbons (Fsp3) is 0.158. The number of hydrogen-bond acceptors (Lipinski definition) is 9. The van der Waals surface area contributed by atoms with E-state index in [4.69, 9.17) is 0 Å². The number of nitrogens with one attached hydrogen (secondary N) is 2. The van der Waals surface area contributed by atoms with Crippen LogP contribution in [-0.4, -0.2) is 38.4 Å². The molecule has 0 saturated carbocycles. The van der Waals surface area contributed by atoms with Crippen LogP contribution in [0.1, 0.15) is 31.3 Å². The zero-order valence-electron chi connectivity index (χ0n) is 16.9. The molecule has 0 fully saturated rings. The Bertz CT molecular complexity index is 1260. The highest BCUT2D eigenvalue weighted by molar-refractivity contribution is 9.10. The van der Waals surface area contributed by atoms with Gasteiger partial charge in [0.1, 0.15) is 5.01 Å². The first-order valence-corrected chi connectivity index (χ1v) is 10.9. The number of carbonyl (C=O) groups is 2. The zero-order chi connectivity index (χ0) is 24.1. The van der Waals surface area contributed by atoms with Gasteiger partial charge < -0.3 is 5.32 Å². The first kappa shape index (κ1) is 23.9. The highest BCUT2D eigenvalue weighted by atomic mass is 79.9. The van der Waals surface area contributed by atoms with Gasteiger partial charge in [-0.15, -0.1) is 10.2 Å². The molecule has 1 aromatic heterocycles. The first-order chi connectivity index (χ1) is 15.7. The molecule has 2 N–H and O–H groups in total. The molecule has 0 unspecified atom stereocenters. The van der Waals surface area contributed by atoms with Crippen LogP contribution in [0, 0.1) is 27.2 Å². The van der Waals surface area contributed by atoms with Crippen LogP contribution in [-0.2, 0) is 6.42 Å². The number of nitro benzene ring substituents is 2. The van der Waals surface area contributed by atoms with Crippen molar-refractivity contribution in [3.05, 3.63) is 82.8 Å². The Balaban J connectivity index is 1.64. The monoisotopic (exact) mass is 534 g/mol. The summed E-state index contributed by atoms with van der Waals surface area (Å²) in [4.78, 5) is 45.4. The predicted octanol–water partition coefficient (Wildman–Crippen LogP) is 3.65. The molecular weight excluding hydrogens is 520 g/mol. The number of nitrogens with zero attached hydrogens (tertiary/aromatic N) is 4. The Morgan fingerprint density at radius 1 is 1.09 bits per heavy atom. The van der Waals surface area contributed by atoms with Crippen molar-refractivity contribution in [3.8, 4) is 0 Å². The van der Waals surface area contributed by atoms with Crippen LogP contribution in [0.3, 0.4) is 0 Å². The number of anilines is 1. The summed E-state index contributed by atoms with van der Waals surface area (Å²) in [6, 6.07) is 8.69. The van der Waals surface area contributed by atoms with Crippen LogP contribution < -0.4 is 10.6 Å². The maximum Gasteiger partial charge on any atom is 0.279 e. The van der Waals surface area contributed by atoms with Crippen molar-refractivity contribution in [3.63, 3.8) is 0 Å². The number of carbonyl (C=O) groups excluding carboxylic acids is 2. The lowest BCUT2D eigenvalue weighted by Crippen LogP contribution is -2.25. The lowest BCUT2D eigenvalue weighted by atomic mass is 10.0. The van der Waals surface area contributed by atoms with Gasteiger partial charge in [0.2, 0.25) is 5.13 Å². The topological polar surface area (TPSA) is 170 Å². The second kappa shape index (κ2) is 10.2. The zero-order valence-corrected chi connectivity index (χ0v) is 19.3. The molecular formula is C19H15BrN6O6S. The van der Waals surface area contributed by atoms with E-state index < -0.39 is 27.1 Å². The van der Waals surface area contributed by atoms with Crippen molar-refractivity contribution in [2.24, 2.45) is 0 Å². The molecule has 0 aliphatic heterocycles. The third-order valence-corrected chi connectivity index (χ3v) is 5.81. The fourth-order valence-corrected chi connectivity index (χ4v) is 3.93. The molecule has 170 valence electrons. The van der Waals surface area contributed by atoms with E-state index in [1.807, 2.05) is 0 Å². The van der Waals surface area contributed by atoms with E-state index in [0.29, 0.717) is 17.0 Å². The Kier molecular flexibility index (Phi) is 7.40. The molecule has 0 aliphatic carbocycles. The fourth-order valence-electron chi connectivity index (χ4n) is 2.80. The predicted molar refractivity (Wildman–Crippen MR) is 123 cm³/mol. The van der Waals surface area contributed by atoms with Gasteiger partial charge in [0.15, 0.2) is 0 Å². The third kappa shape index (κ3) is 5.93. The standard InChI is InChI=1S/C19H15BrN6O6S/c1-10-14(8-13(25(29)30)9-15(10)26(31)32)18(28)22-19-24-23-16(33-19)5-6-21-17(27)11-3-2-4-12(20)7-11/h2-4,7-9H,5-6H2,1H3,(H,21,27)(H,22,24,28). The molecule has 0 spiro atoms. The van der Waals surface area contributed by atoms with Gasteiger partial charge in [-0.25, -0.2) is 0 Å². The molecule has 33 heavy (non-hydrogen) atoms. The van der Waals surface area contributed by atoms with Gasteiger partial charge in [-0.05, 0) is 25.1 Å². The van der Waals surface area contributed by atoms with Gasteiger partial charge in [-0.3, -0.25) is 35.1 Å². The molecule has 0 aliphatic rings. The quantitative estimate of drug-likeness (QED) is 0.325. The number of rotatable bonds is 8. The number of nitro groups is 2. The van der Waals surface area contributed by atoms with Crippen LogP contribution in [0.2, 0.25) is 0 Å². The highest BCUT2D eigenvalue weighted by Crippen LogP contribution is 2.29. The van der Waals surface area contributed by atoms with Crippen LogP contribution in [0.4, 0.5) is 16.5 Å². The molecule has 3 rings (SSSR count). The third-order valence-electron chi connectivity index (χ3n) is 4.42. The van der Waals surface area contributed by atoms with E-state index in [-0.39, 0.29) is 28.7 Å². The Morgan fingerprint density at radius 2 is 1.85 bits per heavy atom. The Labute approximate surface area is 198 Å². The van der Waals surface area contributed by atoms with Crippen LogP contribution >= 0.6 is 27.3 Å². The number of halogens is 1. The van der Waals surface area contributed by atoms with E-state index in [1.54, 1.807) is 24.3 Å². The van der Waals surface area contributed by atoms with E-state index in [1.165, 1.54) is 6.92 Å². The number of hydrogen-bond donors (Lipinski definition) is 2. The summed E-state index contributed by atoms with van der Waals surface area (Å²) in [7, 11) is 0. The summed E-state index contributed by atoms with van der Waals surface area (Å²) < 4.78 is 0.781. The largest absolute Gasteiger partial charge is 0.352 e.